The average molecular weight is 371 g/mol. The van der Waals surface area contributed by atoms with Crippen molar-refractivity contribution in [3.63, 3.8) is 0 Å². The first-order valence-corrected chi connectivity index (χ1v) is 9.54. The molecule has 0 unspecified atom stereocenters. The standard InChI is InChI=1S/C20H29N5O2/c1-14(2)19(24-10-15(3)27-16(4)11-24)20(26)23-18-9-22-25(13-18)12-17-5-7-21-8-6-17/h5-9,13-16,19H,10-12H2,1-4H3,(H,23,26)/t15-,16-,19+/m1/s1. The maximum Gasteiger partial charge on any atom is 0.242 e. The Labute approximate surface area is 160 Å². The first-order valence-electron chi connectivity index (χ1n) is 9.54. The number of pyridine rings is 1. The van der Waals surface area contributed by atoms with Gasteiger partial charge in [-0.1, -0.05) is 13.8 Å². The van der Waals surface area contributed by atoms with Crippen LogP contribution in [0.25, 0.3) is 0 Å². The molecule has 146 valence electrons. The summed E-state index contributed by atoms with van der Waals surface area (Å²) in [7, 11) is 0. The van der Waals surface area contributed by atoms with Crippen molar-refractivity contribution in [3.05, 3.63) is 42.5 Å². The van der Waals surface area contributed by atoms with Crippen LogP contribution in [0.15, 0.2) is 36.9 Å². The summed E-state index contributed by atoms with van der Waals surface area (Å²) in [6.45, 7) is 10.5. The summed E-state index contributed by atoms with van der Waals surface area (Å²) in [5.74, 6) is 0.212. The Morgan fingerprint density at radius 3 is 2.56 bits per heavy atom. The first-order chi connectivity index (χ1) is 12.9. The van der Waals surface area contributed by atoms with Gasteiger partial charge in [0, 0.05) is 31.7 Å². The molecule has 0 spiro atoms. The number of nitrogens with zero attached hydrogens (tertiary/aromatic N) is 4. The lowest BCUT2D eigenvalue weighted by molar-refractivity contribution is -0.130. The fourth-order valence-electron chi connectivity index (χ4n) is 3.74. The molecule has 0 aromatic carbocycles. The normalized spacial score (nSPS) is 22.0. The molecule has 0 bridgehead atoms. The Kier molecular flexibility index (Phi) is 6.23. The fraction of sp³-hybridized carbons (Fsp3) is 0.550. The van der Waals surface area contributed by atoms with Crippen molar-refractivity contribution in [2.45, 2.75) is 52.5 Å². The number of rotatable bonds is 6. The summed E-state index contributed by atoms with van der Waals surface area (Å²) in [5, 5.41) is 7.39. The van der Waals surface area contributed by atoms with Gasteiger partial charge in [0.1, 0.15) is 0 Å². The Morgan fingerprint density at radius 2 is 1.93 bits per heavy atom. The van der Waals surface area contributed by atoms with Gasteiger partial charge in [-0.3, -0.25) is 19.4 Å². The Bertz CT molecular complexity index is 736. The molecule has 0 radical (unpaired) electrons. The molecule has 3 atom stereocenters. The van der Waals surface area contributed by atoms with Crippen LogP contribution in [0, 0.1) is 5.92 Å². The van der Waals surface area contributed by atoms with Gasteiger partial charge in [0.2, 0.25) is 5.91 Å². The van der Waals surface area contributed by atoms with E-state index < -0.39 is 0 Å². The minimum atomic E-state index is -0.192. The number of morpholine rings is 1. The molecule has 2 aromatic rings. The van der Waals surface area contributed by atoms with E-state index in [1.807, 2.05) is 23.0 Å². The SMILES string of the molecule is CC(C)[C@@H](C(=O)Nc1cnn(Cc2ccncc2)c1)N1C[C@@H](C)O[C@H](C)C1. The Morgan fingerprint density at radius 1 is 1.26 bits per heavy atom. The zero-order chi connectivity index (χ0) is 19.4. The van der Waals surface area contributed by atoms with Crippen molar-refractivity contribution in [1.29, 1.82) is 0 Å². The number of amides is 1. The van der Waals surface area contributed by atoms with Gasteiger partial charge in [-0.2, -0.15) is 5.10 Å². The molecular weight excluding hydrogens is 342 g/mol. The third kappa shape index (κ3) is 5.14. The van der Waals surface area contributed by atoms with E-state index in [1.54, 1.807) is 18.6 Å². The molecule has 1 fully saturated rings. The van der Waals surface area contributed by atoms with Gasteiger partial charge in [0.25, 0.3) is 0 Å². The van der Waals surface area contributed by atoms with Gasteiger partial charge in [-0.05, 0) is 37.5 Å². The van der Waals surface area contributed by atoms with Crippen molar-refractivity contribution >= 4 is 11.6 Å². The van der Waals surface area contributed by atoms with Crippen LogP contribution in [-0.4, -0.2) is 56.9 Å². The lowest BCUT2D eigenvalue weighted by Crippen LogP contribution is -2.55. The minimum absolute atomic E-state index is 0.00904. The fourth-order valence-corrected chi connectivity index (χ4v) is 3.74. The van der Waals surface area contributed by atoms with E-state index in [0.717, 1.165) is 18.7 Å². The highest BCUT2D eigenvalue weighted by Crippen LogP contribution is 2.20. The van der Waals surface area contributed by atoms with Crippen LogP contribution in [0.5, 0.6) is 0 Å². The average Bonchev–Trinajstić information content (AvgIpc) is 3.01. The zero-order valence-corrected chi connectivity index (χ0v) is 16.5. The molecule has 1 saturated heterocycles. The number of nitrogens with one attached hydrogen (secondary N) is 1. The van der Waals surface area contributed by atoms with E-state index in [1.165, 1.54) is 0 Å². The molecule has 7 heteroatoms. The number of anilines is 1. The van der Waals surface area contributed by atoms with E-state index >= 15 is 0 Å². The van der Waals surface area contributed by atoms with Crippen LogP contribution in [0.3, 0.4) is 0 Å². The number of carbonyl (C=O) groups is 1. The van der Waals surface area contributed by atoms with E-state index in [9.17, 15) is 4.79 Å². The van der Waals surface area contributed by atoms with Crippen molar-refractivity contribution in [1.82, 2.24) is 19.7 Å². The summed E-state index contributed by atoms with van der Waals surface area (Å²) >= 11 is 0. The van der Waals surface area contributed by atoms with E-state index in [4.69, 9.17) is 4.74 Å². The number of aromatic nitrogens is 3. The van der Waals surface area contributed by atoms with Crippen LogP contribution >= 0.6 is 0 Å². The second-order valence-electron chi connectivity index (χ2n) is 7.67. The van der Waals surface area contributed by atoms with Gasteiger partial charge in [-0.25, -0.2) is 0 Å². The molecule has 0 aliphatic carbocycles. The molecule has 1 amide bonds. The van der Waals surface area contributed by atoms with Crippen LogP contribution in [0.2, 0.25) is 0 Å². The van der Waals surface area contributed by atoms with E-state index in [2.05, 4.69) is 48.0 Å². The van der Waals surface area contributed by atoms with E-state index in [-0.39, 0.29) is 30.1 Å². The van der Waals surface area contributed by atoms with Gasteiger partial charge >= 0.3 is 0 Å². The van der Waals surface area contributed by atoms with Crippen LogP contribution in [0.1, 0.15) is 33.3 Å². The monoisotopic (exact) mass is 371 g/mol. The van der Waals surface area contributed by atoms with Gasteiger partial charge < -0.3 is 10.1 Å². The van der Waals surface area contributed by atoms with Gasteiger partial charge in [0.15, 0.2) is 0 Å². The van der Waals surface area contributed by atoms with E-state index in [0.29, 0.717) is 12.2 Å². The molecule has 27 heavy (non-hydrogen) atoms. The predicted octanol–water partition coefficient (Wildman–Crippen LogP) is 2.40. The Hall–Kier alpha value is -2.25. The second kappa shape index (κ2) is 8.63. The molecule has 3 rings (SSSR count). The lowest BCUT2D eigenvalue weighted by atomic mass is 9.99. The third-order valence-corrected chi connectivity index (χ3v) is 4.74. The molecule has 3 heterocycles. The molecule has 1 N–H and O–H groups in total. The van der Waals surface area contributed by atoms with Crippen molar-refractivity contribution < 1.29 is 9.53 Å². The number of hydrogen-bond acceptors (Lipinski definition) is 5. The van der Waals surface area contributed by atoms with Crippen LogP contribution in [-0.2, 0) is 16.1 Å². The van der Waals surface area contributed by atoms with Gasteiger partial charge in [-0.15, -0.1) is 0 Å². The predicted molar refractivity (Wildman–Crippen MR) is 104 cm³/mol. The van der Waals surface area contributed by atoms with Crippen LogP contribution in [0.4, 0.5) is 5.69 Å². The smallest absolute Gasteiger partial charge is 0.242 e. The molecular formula is C20H29N5O2. The maximum atomic E-state index is 13.0. The molecule has 2 aromatic heterocycles. The lowest BCUT2D eigenvalue weighted by Gasteiger charge is -2.40. The third-order valence-electron chi connectivity index (χ3n) is 4.74. The number of carbonyl (C=O) groups excluding carboxylic acids is 1. The number of hydrogen-bond donors (Lipinski definition) is 1. The molecule has 1 aliphatic heterocycles. The van der Waals surface area contributed by atoms with Crippen molar-refractivity contribution in [2.24, 2.45) is 5.92 Å². The second-order valence-corrected chi connectivity index (χ2v) is 7.67. The van der Waals surface area contributed by atoms with Gasteiger partial charge in [0.05, 0.1) is 36.7 Å². The summed E-state index contributed by atoms with van der Waals surface area (Å²) in [5.41, 5.74) is 1.83. The molecule has 1 aliphatic rings. The van der Waals surface area contributed by atoms with Crippen molar-refractivity contribution in [2.75, 3.05) is 18.4 Å². The van der Waals surface area contributed by atoms with Crippen LogP contribution < -0.4 is 5.32 Å². The molecule has 0 saturated carbocycles. The summed E-state index contributed by atoms with van der Waals surface area (Å²) in [6, 6.07) is 3.72. The zero-order valence-electron chi connectivity index (χ0n) is 16.5. The largest absolute Gasteiger partial charge is 0.373 e. The highest BCUT2D eigenvalue weighted by atomic mass is 16.5. The highest BCUT2D eigenvalue weighted by molar-refractivity contribution is 5.94. The molecule has 7 nitrogen and oxygen atoms in total. The topological polar surface area (TPSA) is 72.3 Å². The first kappa shape index (κ1) is 19.5. The van der Waals surface area contributed by atoms with Crippen molar-refractivity contribution in [3.8, 4) is 0 Å². The Balaban J connectivity index is 1.65. The summed E-state index contributed by atoms with van der Waals surface area (Å²) in [6.07, 6.45) is 7.34. The summed E-state index contributed by atoms with van der Waals surface area (Å²) < 4.78 is 7.63. The summed E-state index contributed by atoms with van der Waals surface area (Å²) in [4.78, 5) is 19.3. The maximum absolute atomic E-state index is 13.0. The minimum Gasteiger partial charge on any atom is -0.373 e. The quantitative estimate of drug-likeness (QED) is 0.844. The highest BCUT2D eigenvalue weighted by Gasteiger charge is 2.34. The number of ether oxygens (including phenoxy) is 1.